The Morgan fingerprint density at radius 3 is 3.06 bits per heavy atom. The molecule has 6 nitrogen and oxygen atoms in total. The van der Waals surface area contributed by atoms with E-state index in [0.717, 1.165) is 36.5 Å². The first kappa shape index (κ1) is 13.0. The Kier molecular flexibility index (Phi) is 3.98. The minimum absolute atomic E-state index is 0.318. The van der Waals surface area contributed by atoms with Crippen LogP contribution in [-0.4, -0.2) is 53.9 Å². The van der Waals surface area contributed by atoms with Gasteiger partial charge >= 0.3 is 0 Å². The third kappa shape index (κ3) is 2.54. The van der Waals surface area contributed by atoms with Crippen molar-refractivity contribution in [3.05, 3.63) is 11.3 Å². The van der Waals surface area contributed by atoms with Gasteiger partial charge in [-0.05, 0) is 6.92 Å². The number of hydrogen-bond donors (Lipinski definition) is 0. The van der Waals surface area contributed by atoms with E-state index in [-0.39, 0.29) is 6.10 Å². The molecule has 1 aliphatic rings. The van der Waals surface area contributed by atoms with Gasteiger partial charge in [-0.25, -0.2) is 4.68 Å². The van der Waals surface area contributed by atoms with Crippen molar-refractivity contribution in [2.75, 3.05) is 26.8 Å². The van der Waals surface area contributed by atoms with Crippen LogP contribution in [0.15, 0.2) is 0 Å². The molecule has 0 aromatic carbocycles. The summed E-state index contributed by atoms with van der Waals surface area (Å²) < 4.78 is 12.4. The van der Waals surface area contributed by atoms with Gasteiger partial charge in [0.1, 0.15) is 12.4 Å². The predicted octanol–water partition coefficient (Wildman–Crippen LogP) is 0.137. The molecule has 6 heteroatoms. The Balaban J connectivity index is 2.11. The second-order valence-electron chi connectivity index (χ2n) is 4.48. The number of aryl methyl sites for hydroxylation is 2. The third-order valence-corrected chi connectivity index (χ3v) is 3.19. The summed E-state index contributed by atoms with van der Waals surface area (Å²) in [5, 5.41) is 4.35. The quantitative estimate of drug-likeness (QED) is 0.714. The monoisotopic (exact) mass is 253 g/mol. The Hall–Kier alpha value is -1.40. The standard InChI is InChI=1S/C12H19N3O3/c1-9-11(12(17-3)14(2)13-9)7-15-4-5-18-10(6-15)8-16/h8,10H,4-7H2,1-3H3. The maximum Gasteiger partial charge on any atom is 0.216 e. The van der Waals surface area contributed by atoms with Crippen LogP contribution in [0.1, 0.15) is 11.3 Å². The van der Waals surface area contributed by atoms with Crippen LogP contribution in [0.5, 0.6) is 5.88 Å². The normalized spacial score (nSPS) is 20.9. The van der Waals surface area contributed by atoms with E-state index in [4.69, 9.17) is 9.47 Å². The van der Waals surface area contributed by atoms with Crippen molar-refractivity contribution in [2.45, 2.75) is 19.6 Å². The summed E-state index contributed by atoms with van der Waals surface area (Å²) in [6, 6.07) is 0. The van der Waals surface area contributed by atoms with Crippen LogP contribution >= 0.6 is 0 Å². The van der Waals surface area contributed by atoms with Gasteiger partial charge in [-0.3, -0.25) is 4.90 Å². The number of aromatic nitrogens is 2. The van der Waals surface area contributed by atoms with E-state index in [2.05, 4.69) is 10.00 Å². The van der Waals surface area contributed by atoms with Crippen molar-refractivity contribution in [3.8, 4) is 5.88 Å². The molecular formula is C12H19N3O3. The zero-order chi connectivity index (χ0) is 13.1. The van der Waals surface area contributed by atoms with E-state index in [1.54, 1.807) is 11.8 Å². The molecule has 100 valence electrons. The summed E-state index contributed by atoms with van der Waals surface area (Å²) >= 11 is 0. The molecule has 0 N–H and O–H groups in total. The molecule has 1 atom stereocenters. The number of carbonyl (C=O) groups excluding carboxylic acids is 1. The number of ether oxygens (including phenoxy) is 2. The van der Waals surface area contributed by atoms with Gasteiger partial charge in [-0.1, -0.05) is 0 Å². The van der Waals surface area contributed by atoms with E-state index in [0.29, 0.717) is 13.2 Å². The molecule has 1 aliphatic heterocycles. The smallest absolute Gasteiger partial charge is 0.216 e. The number of nitrogens with zero attached hydrogens (tertiary/aromatic N) is 3. The van der Waals surface area contributed by atoms with Crippen molar-refractivity contribution in [1.82, 2.24) is 14.7 Å². The van der Waals surface area contributed by atoms with E-state index < -0.39 is 0 Å². The van der Waals surface area contributed by atoms with E-state index in [1.165, 1.54) is 0 Å². The average molecular weight is 253 g/mol. The lowest BCUT2D eigenvalue weighted by Crippen LogP contribution is -2.42. The Morgan fingerprint density at radius 2 is 2.39 bits per heavy atom. The highest BCUT2D eigenvalue weighted by molar-refractivity contribution is 5.56. The van der Waals surface area contributed by atoms with Crippen LogP contribution in [0, 0.1) is 6.92 Å². The highest BCUT2D eigenvalue weighted by atomic mass is 16.5. The van der Waals surface area contributed by atoms with E-state index in [9.17, 15) is 4.79 Å². The van der Waals surface area contributed by atoms with E-state index >= 15 is 0 Å². The molecule has 1 saturated heterocycles. The molecule has 1 unspecified atom stereocenters. The van der Waals surface area contributed by atoms with Crippen molar-refractivity contribution < 1.29 is 14.3 Å². The van der Waals surface area contributed by atoms with Crippen LogP contribution in [0.25, 0.3) is 0 Å². The molecule has 2 rings (SSSR count). The summed E-state index contributed by atoms with van der Waals surface area (Å²) in [5.41, 5.74) is 2.04. The lowest BCUT2D eigenvalue weighted by molar-refractivity contribution is -0.123. The molecule has 0 amide bonds. The fourth-order valence-corrected chi connectivity index (χ4v) is 2.30. The Labute approximate surface area is 106 Å². The van der Waals surface area contributed by atoms with Crippen LogP contribution in [0.3, 0.4) is 0 Å². The lowest BCUT2D eigenvalue weighted by Gasteiger charge is -2.30. The second-order valence-corrected chi connectivity index (χ2v) is 4.48. The number of rotatable bonds is 4. The van der Waals surface area contributed by atoms with Gasteiger partial charge < -0.3 is 14.3 Å². The zero-order valence-electron chi connectivity index (χ0n) is 11.0. The van der Waals surface area contributed by atoms with E-state index in [1.807, 2.05) is 14.0 Å². The number of aldehydes is 1. The van der Waals surface area contributed by atoms with Gasteiger partial charge in [0.15, 0.2) is 0 Å². The fraction of sp³-hybridized carbons (Fsp3) is 0.667. The molecule has 0 radical (unpaired) electrons. The largest absolute Gasteiger partial charge is 0.481 e. The van der Waals surface area contributed by atoms with Crippen molar-refractivity contribution >= 4 is 6.29 Å². The summed E-state index contributed by atoms with van der Waals surface area (Å²) in [6.45, 7) is 4.74. The van der Waals surface area contributed by atoms with Gasteiger partial charge in [0, 0.05) is 26.7 Å². The highest BCUT2D eigenvalue weighted by Crippen LogP contribution is 2.23. The number of hydrogen-bond acceptors (Lipinski definition) is 5. The Morgan fingerprint density at radius 1 is 1.61 bits per heavy atom. The van der Waals surface area contributed by atoms with Gasteiger partial charge in [0.25, 0.3) is 0 Å². The van der Waals surface area contributed by atoms with Crippen LogP contribution in [-0.2, 0) is 23.1 Å². The Bertz CT molecular complexity index is 430. The molecule has 1 aromatic heterocycles. The predicted molar refractivity (Wildman–Crippen MR) is 65.6 cm³/mol. The van der Waals surface area contributed by atoms with Gasteiger partial charge in [-0.15, -0.1) is 0 Å². The molecular weight excluding hydrogens is 234 g/mol. The van der Waals surface area contributed by atoms with Gasteiger partial charge in [-0.2, -0.15) is 5.10 Å². The summed E-state index contributed by atoms with van der Waals surface area (Å²) in [4.78, 5) is 12.9. The molecule has 0 bridgehead atoms. The highest BCUT2D eigenvalue weighted by Gasteiger charge is 2.23. The number of carbonyl (C=O) groups is 1. The van der Waals surface area contributed by atoms with Crippen LogP contribution in [0.2, 0.25) is 0 Å². The van der Waals surface area contributed by atoms with Gasteiger partial charge in [0.05, 0.1) is 25.0 Å². The summed E-state index contributed by atoms with van der Waals surface area (Å²) in [5.74, 6) is 0.779. The summed E-state index contributed by atoms with van der Waals surface area (Å²) in [7, 11) is 3.51. The molecule has 0 aliphatic carbocycles. The molecule has 1 aromatic rings. The van der Waals surface area contributed by atoms with Crippen molar-refractivity contribution in [1.29, 1.82) is 0 Å². The molecule has 0 saturated carbocycles. The maximum absolute atomic E-state index is 10.8. The number of morpholine rings is 1. The molecule has 2 heterocycles. The number of methoxy groups -OCH3 is 1. The van der Waals surface area contributed by atoms with Crippen molar-refractivity contribution in [2.24, 2.45) is 7.05 Å². The topological polar surface area (TPSA) is 56.6 Å². The first-order valence-corrected chi connectivity index (χ1v) is 6.01. The summed E-state index contributed by atoms with van der Waals surface area (Å²) in [6.07, 6.45) is 0.543. The second kappa shape index (κ2) is 5.49. The molecule has 1 fully saturated rings. The fourth-order valence-electron chi connectivity index (χ4n) is 2.30. The lowest BCUT2D eigenvalue weighted by atomic mass is 10.2. The SMILES string of the molecule is COc1c(CN2CCOC(C=O)C2)c(C)nn1C. The van der Waals surface area contributed by atoms with Crippen LogP contribution < -0.4 is 4.74 Å². The molecule has 0 spiro atoms. The average Bonchev–Trinajstić information content (AvgIpc) is 2.64. The van der Waals surface area contributed by atoms with Gasteiger partial charge in [0.2, 0.25) is 5.88 Å². The zero-order valence-corrected chi connectivity index (χ0v) is 11.0. The minimum Gasteiger partial charge on any atom is -0.481 e. The minimum atomic E-state index is -0.318. The molecule has 18 heavy (non-hydrogen) atoms. The van der Waals surface area contributed by atoms with Crippen LogP contribution in [0.4, 0.5) is 0 Å². The first-order chi connectivity index (χ1) is 8.65. The third-order valence-electron chi connectivity index (χ3n) is 3.19. The first-order valence-electron chi connectivity index (χ1n) is 6.01. The van der Waals surface area contributed by atoms with Crippen molar-refractivity contribution in [3.63, 3.8) is 0 Å². The maximum atomic E-state index is 10.8.